The van der Waals surface area contributed by atoms with E-state index in [4.69, 9.17) is 11.5 Å². The largest absolute Gasteiger partial charge is 0.399 e. The molecule has 1 aliphatic carbocycles. The summed E-state index contributed by atoms with van der Waals surface area (Å²) in [4.78, 5) is 19.2. The van der Waals surface area contributed by atoms with Crippen LogP contribution in [0.5, 0.6) is 0 Å². The van der Waals surface area contributed by atoms with Crippen LogP contribution in [0.15, 0.2) is 59.4 Å². The van der Waals surface area contributed by atoms with Crippen molar-refractivity contribution in [1.29, 1.82) is 0 Å². The van der Waals surface area contributed by atoms with Gasteiger partial charge in [-0.1, -0.05) is 19.1 Å². The molecule has 32 heavy (non-hydrogen) atoms. The Morgan fingerprint density at radius 3 is 2.62 bits per heavy atom. The Hall–Kier alpha value is -3.26. The maximum absolute atomic E-state index is 13.3. The molecule has 170 valence electrons. The number of amidine groups is 1. The van der Waals surface area contributed by atoms with E-state index in [9.17, 15) is 9.18 Å². The summed E-state index contributed by atoms with van der Waals surface area (Å²) in [5.74, 6) is -0.622. The Balaban J connectivity index is 1.58. The number of nitrogens with two attached hydrogens (primary N) is 2. The van der Waals surface area contributed by atoms with Gasteiger partial charge in [-0.2, -0.15) is 4.39 Å². The molecule has 0 amide bonds. The van der Waals surface area contributed by atoms with Crippen molar-refractivity contribution in [3.8, 4) is 0 Å². The molecular formula is C24H31FN6O. The molecule has 0 atom stereocenters. The van der Waals surface area contributed by atoms with Crippen LogP contribution in [0.1, 0.15) is 44.6 Å². The molecule has 2 aromatic rings. The Bertz CT molecular complexity index is 965. The van der Waals surface area contributed by atoms with Crippen molar-refractivity contribution in [2.45, 2.75) is 57.2 Å². The van der Waals surface area contributed by atoms with Crippen molar-refractivity contribution in [2.24, 2.45) is 10.7 Å². The predicted octanol–water partition coefficient (Wildman–Crippen LogP) is 3.35. The number of carbonyl (C=O) groups excluding carboxylic acids is 1. The summed E-state index contributed by atoms with van der Waals surface area (Å²) in [6, 6.07) is 11.0. The van der Waals surface area contributed by atoms with Crippen LogP contribution in [0.2, 0.25) is 0 Å². The molecule has 0 aliphatic heterocycles. The molecule has 0 saturated heterocycles. The summed E-state index contributed by atoms with van der Waals surface area (Å²) in [7, 11) is 0. The zero-order valence-corrected chi connectivity index (χ0v) is 18.4. The van der Waals surface area contributed by atoms with Gasteiger partial charge in [0.2, 0.25) is 5.95 Å². The molecule has 6 N–H and O–H groups in total. The number of nitrogens with one attached hydrogen (secondary N) is 2. The molecule has 1 aromatic heterocycles. The van der Waals surface area contributed by atoms with Gasteiger partial charge in [-0.05, 0) is 55.9 Å². The Labute approximate surface area is 188 Å². The first-order chi connectivity index (χ1) is 15.4. The van der Waals surface area contributed by atoms with Gasteiger partial charge in [0.25, 0.3) is 0 Å². The van der Waals surface area contributed by atoms with Crippen molar-refractivity contribution in [3.05, 3.63) is 65.9 Å². The van der Waals surface area contributed by atoms with E-state index < -0.39 is 5.95 Å². The topological polar surface area (TPSA) is 118 Å². The minimum atomic E-state index is -0.652. The van der Waals surface area contributed by atoms with E-state index in [2.05, 4.69) is 27.5 Å². The fourth-order valence-corrected chi connectivity index (χ4v) is 3.94. The summed E-state index contributed by atoms with van der Waals surface area (Å²) in [6.07, 6.45) is 8.51. The first-order valence-electron chi connectivity index (χ1n) is 10.9. The smallest absolute Gasteiger partial charge is 0.214 e. The third-order valence-corrected chi connectivity index (χ3v) is 6.11. The number of aliphatic imine (C=N–C) groups is 1. The van der Waals surface area contributed by atoms with Crippen molar-refractivity contribution >= 4 is 23.5 Å². The molecule has 1 fully saturated rings. The number of benzene rings is 1. The van der Waals surface area contributed by atoms with E-state index in [-0.39, 0.29) is 16.9 Å². The van der Waals surface area contributed by atoms with Crippen molar-refractivity contribution in [3.63, 3.8) is 0 Å². The van der Waals surface area contributed by atoms with Gasteiger partial charge in [-0.15, -0.1) is 0 Å². The highest BCUT2D eigenvalue weighted by atomic mass is 19.1. The monoisotopic (exact) mass is 438 g/mol. The summed E-state index contributed by atoms with van der Waals surface area (Å²) in [5.41, 5.74) is 14.2. The number of rotatable bonds is 9. The number of nitrogen functional groups attached to an aromatic ring is 1. The van der Waals surface area contributed by atoms with Gasteiger partial charge in [0.05, 0.1) is 11.3 Å². The zero-order valence-electron chi connectivity index (χ0n) is 18.4. The van der Waals surface area contributed by atoms with Gasteiger partial charge in [0.15, 0.2) is 6.29 Å². The molecule has 1 aliphatic rings. The zero-order chi connectivity index (χ0) is 23.0. The second kappa shape index (κ2) is 10.9. The summed E-state index contributed by atoms with van der Waals surface area (Å²) in [5, 5.41) is 7.06. The molecule has 7 nitrogen and oxygen atoms in total. The number of aromatic nitrogens is 1. The number of carbonyl (C=O) groups is 1. The minimum Gasteiger partial charge on any atom is -0.399 e. The lowest BCUT2D eigenvalue weighted by Crippen LogP contribution is -2.48. The molecule has 0 radical (unpaired) electrons. The van der Waals surface area contributed by atoms with Gasteiger partial charge in [0.1, 0.15) is 5.84 Å². The molecule has 1 aromatic carbocycles. The Kier molecular flexibility index (Phi) is 7.94. The fourth-order valence-electron chi connectivity index (χ4n) is 3.94. The third kappa shape index (κ3) is 6.37. The van der Waals surface area contributed by atoms with Gasteiger partial charge in [0, 0.05) is 42.3 Å². The lowest BCUT2D eigenvalue weighted by Gasteiger charge is -2.40. The van der Waals surface area contributed by atoms with Crippen LogP contribution in [0.4, 0.5) is 15.8 Å². The Morgan fingerprint density at radius 2 is 2.00 bits per heavy atom. The van der Waals surface area contributed by atoms with Crippen LogP contribution < -0.4 is 22.1 Å². The predicted molar refractivity (Wildman–Crippen MR) is 126 cm³/mol. The standard InChI is InChI=1S/C24H31FN6O/c1-2-24(10-7-20(8-11-24)29-14-17-3-5-19(26)6-4-17)30-15-18(16-32)23(27)31-21-9-12-28-22(25)13-21/h3-6,9,12-13,15-16,20,29-30H,2,7-8,10-11,14,26H2,1H3,(H2,27,28,31)/b18-15-. The van der Waals surface area contributed by atoms with Crippen molar-refractivity contribution in [2.75, 3.05) is 5.73 Å². The number of pyridine rings is 1. The number of anilines is 1. The molecule has 0 unspecified atom stereocenters. The molecule has 1 heterocycles. The maximum atomic E-state index is 13.3. The Morgan fingerprint density at radius 1 is 1.28 bits per heavy atom. The average Bonchev–Trinajstić information content (AvgIpc) is 2.80. The van der Waals surface area contributed by atoms with E-state index in [0.717, 1.165) is 50.4 Å². The minimum absolute atomic E-state index is 0.0307. The van der Waals surface area contributed by atoms with Gasteiger partial charge >= 0.3 is 0 Å². The molecule has 0 bridgehead atoms. The van der Waals surface area contributed by atoms with Crippen LogP contribution >= 0.6 is 0 Å². The highest BCUT2D eigenvalue weighted by molar-refractivity contribution is 6.13. The van der Waals surface area contributed by atoms with E-state index in [1.807, 2.05) is 24.3 Å². The van der Waals surface area contributed by atoms with Crippen molar-refractivity contribution in [1.82, 2.24) is 15.6 Å². The maximum Gasteiger partial charge on any atom is 0.214 e. The third-order valence-electron chi connectivity index (χ3n) is 6.11. The lowest BCUT2D eigenvalue weighted by atomic mass is 9.77. The number of nitrogens with zero attached hydrogens (tertiary/aromatic N) is 2. The van der Waals surface area contributed by atoms with Gasteiger partial charge in [-0.3, -0.25) is 4.79 Å². The van der Waals surface area contributed by atoms with Gasteiger partial charge in [-0.25, -0.2) is 9.98 Å². The second-order valence-corrected chi connectivity index (χ2v) is 8.23. The number of hydrogen-bond acceptors (Lipinski definition) is 6. The normalized spacial score (nSPS) is 21.9. The summed E-state index contributed by atoms with van der Waals surface area (Å²) in [6.45, 7) is 2.95. The molecule has 3 rings (SSSR count). The highest BCUT2D eigenvalue weighted by Crippen LogP contribution is 2.31. The van der Waals surface area contributed by atoms with E-state index >= 15 is 0 Å². The molecule has 0 spiro atoms. The van der Waals surface area contributed by atoms with Crippen molar-refractivity contribution < 1.29 is 9.18 Å². The first-order valence-corrected chi connectivity index (χ1v) is 10.9. The van der Waals surface area contributed by atoms with Crippen LogP contribution in [0.25, 0.3) is 0 Å². The van der Waals surface area contributed by atoms with Gasteiger partial charge < -0.3 is 22.1 Å². The first kappa shape index (κ1) is 23.4. The molecule has 1 saturated carbocycles. The van der Waals surface area contributed by atoms with E-state index in [1.165, 1.54) is 17.8 Å². The molecule has 8 heteroatoms. The SMILES string of the molecule is CCC1(N/C=C(/C=O)C(N)=Nc2ccnc(F)c2)CCC(NCc2ccc(N)cc2)CC1. The summed E-state index contributed by atoms with van der Waals surface area (Å²) >= 11 is 0. The van der Waals surface area contributed by atoms with Crippen LogP contribution in [-0.2, 0) is 11.3 Å². The fraction of sp³-hybridized carbons (Fsp3) is 0.375. The van der Waals surface area contributed by atoms with E-state index in [0.29, 0.717) is 18.0 Å². The number of aldehydes is 1. The van der Waals surface area contributed by atoms with Crippen LogP contribution in [0, 0.1) is 5.95 Å². The molecular weight excluding hydrogens is 407 g/mol. The number of halogens is 1. The second-order valence-electron chi connectivity index (χ2n) is 8.23. The highest BCUT2D eigenvalue weighted by Gasteiger charge is 2.32. The number of hydrogen-bond donors (Lipinski definition) is 4. The van der Waals surface area contributed by atoms with Crippen LogP contribution in [-0.4, -0.2) is 28.7 Å². The van der Waals surface area contributed by atoms with Crippen LogP contribution in [0.3, 0.4) is 0 Å². The van der Waals surface area contributed by atoms with E-state index in [1.54, 1.807) is 6.20 Å². The summed E-state index contributed by atoms with van der Waals surface area (Å²) < 4.78 is 13.3. The quantitative estimate of drug-likeness (QED) is 0.119. The average molecular weight is 439 g/mol. The lowest BCUT2D eigenvalue weighted by molar-refractivity contribution is -0.104.